The fourth-order valence-electron chi connectivity index (χ4n) is 0.900. The summed E-state index contributed by atoms with van der Waals surface area (Å²) >= 11 is 3.28. The molecule has 2 aromatic heterocycles. The van der Waals surface area contributed by atoms with Crippen molar-refractivity contribution >= 4 is 34.1 Å². The maximum absolute atomic E-state index is 5.01. The minimum absolute atomic E-state index is 0.510. The molecule has 0 aliphatic heterocycles. The first-order chi connectivity index (χ1) is 6.31. The summed E-state index contributed by atoms with van der Waals surface area (Å²) in [5, 5.41) is 7.66. The second-order valence-electron chi connectivity index (χ2n) is 2.27. The molecule has 2 rings (SSSR count). The average molecular weight is 308 g/mol. The number of halogens is 1. The number of aromatic nitrogens is 4. The van der Waals surface area contributed by atoms with Crippen LogP contribution in [-0.2, 0) is 6.42 Å². The van der Waals surface area contributed by atoms with Gasteiger partial charge in [-0.15, -0.1) is 5.10 Å². The van der Waals surface area contributed by atoms with Gasteiger partial charge in [-0.25, -0.2) is 0 Å². The summed E-state index contributed by atoms with van der Waals surface area (Å²) in [6.07, 6.45) is 0.824. The number of nitrogens with zero attached hydrogens (tertiary/aromatic N) is 4. The Morgan fingerprint density at radius 3 is 3.00 bits per heavy atom. The van der Waals surface area contributed by atoms with Crippen LogP contribution in [0.15, 0.2) is 4.52 Å². The maximum Gasteiger partial charge on any atom is 0.272 e. The summed E-state index contributed by atoms with van der Waals surface area (Å²) < 4.78 is 9.45. The van der Waals surface area contributed by atoms with Crippen LogP contribution in [0, 0.1) is 3.83 Å². The van der Waals surface area contributed by atoms with Crippen LogP contribution in [0.3, 0.4) is 0 Å². The van der Waals surface area contributed by atoms with E-state index < -0.39 is 0 Å². The Kier molecular flexibility index (Phi) is 2.54. The van der Waals surface area contributed by atoms with Crippen molar-refractivity contribution in [3.63, 3.8) is 0 Å². The molecular formula is C6H5IN4OS. The fourth-order valence-corrected chi connectivity index (χ4v) is 1.89. The van der Waals surface area contributed by atoms with Crippen molar-refractivity contribution in [2.45, 2.75) is 13.3 Å². The van der Waals surface area contributed by atoms with Gasteiger partial charge in [0.2, 0.25) is 3.83 Å². The summed E-state index contributed by atoms with van der Waals surface area (Å²) in [6, 6.07) is 0. The number of hydrogen-bond acceptors (Lipinski definition) is 6. The molecule has 0 amide bonds. The molecule has 0 atom stereocenters. The first kappa shape index (κ1) is 9.00. The molecule has 2 heterocycles. The average Bonchev–Trinajstić information content (AvgIpc) is 2.71. The summed E-state index contributed by atoms with van der Waals surface area (Å²) in [6.45, 7) is 2.02. The molecule has 0 spiro atoms. The Morgan fingerprint density at radius 2 is 2.38 bits per heavy atom. The van der Waals surface area contributed by atoms with Crippen LogP contribution < -0.4 is 0 Å². The van der Waals surface area contributed by atoms with E-state index in [0.717, 1.165) is 17.0 Å². The third kappa shape index (κ3) is 1.70. The second kappa shape index (κ2) is 3.66. The molecule has 13 heavy (non-hydrogen) atoms. The summed E-state index contributed by atoms with van der Waals surface area (Å²) in [5.41, 5.74) is 0.907. The summed E-state index contributed by atoms with van der Waals surface area (Å²) in [5.74, 6) is 0.510. The van der Waals surface area contributed by atoms with Gasteiger partial charge in [-0.05, 0) is 18.0 Å². The molecule has 0 bridgehead atoms. The van der Waals surface area contributed by atoms with Crippen LogP contribution in [0.4, 0.5) is 0 Å². The normalized spacial score (nSPS) is 10.6. The van der Waals surface area contributed by atoms with Gasteiger partial charge in [0.05, 0.1) is 5.69 Å². The molecule has 0 aliphatic carbocycles. The van der Waals surface area contributed by atoms with E-state index in [4.69, 9.17) is 4.52 Å². The third-order valence-corrected chi connectivity index (χ3v) is 2.68. The van der Waals surface area contributed by atoms with Crippen LogP contribution >= 0.6 is 34.1 Å². The highest BCUT2D eigenvalue weighted by Gasteiger charge is 2.14. The van der Waals surface area contributed by atoms with Crippen LogP contribution in [0.5, 0.6) is 0 Å². The lowest BCUT2D eigenvalue weighted by Gasteiger charge is -1.88. The topological polar surface area (TPSA) is 64.7 Å². The van der Waals surface area contributed by atoms with Gasteiger partial charge in [0.25, 0.3) is 5.89 Å². The molecule has 0 radical (unpaired) electrons. The van der Waals surface area contributed by atoms with E-state index in [1.807, 2.05) is 29.5 Å². The molecule has 0 unspecified atom stereocenters. The largest absolute Gasteiger partial charge is 0.332 e. The minimum Gasteiger partial charge on any atom is -0.332 e. The number of hydrogen-bond donors (Lipinski definition) is 0. The van der Waals surface area contributed by atoms with Crippen molar-refractivity contribution in [2.24, 2.45) is 0 Å². The van der Waals surface area contributed by atoms with E-state index >= 15 is 0 Å². The quantitative estimate of drug-likeness (QED) is 0.791. The van der Waals surface area contributed by atoms with Gasteiger partial charge in [-0.2, -0.15) is 4.98 Å². The fraction of sp³-hybridized carbons (Fsp3) is 0.333. The molecule has 5 nitrogen and oxygen atoms in total. The monoisotopic (exact) mass is 308 g/mol. The SMILES string of the molecule is CCc1nnsc1-c1nc(I)no1. The second-order valence-corrected chi connectivity index (χ2v) is 3.99. The van der Waals surface area contributed by atoms with Gasteiger partial charge in [-0.1, -0.05) is 16.6 Å². The zero-order valence-corrected chi connectivity index (χ0v) is 9.66. The maximum atomic E-state index is 5.01. The van der Waals surface area contributed by atoms with Crippen molar-refractivity contribution in [3.05, 3.63) is 9.53 Å². The molecule has 68 valence electrons. The molecular weight excluding hydrogens is 303 g/mol. The molecule has 2 aromatic rings. The van der Waals surface area contributed by atoms with Gasteiger partial charge in [0.1, 0.15) is 4.88 Å². The molecule has 0 aromatic carbocycles. The highest BCUT2D eigenvalue weighted by atomic mass is 127. The van der Waals surface area contributed by atoms with Gasteiger partial charge < -0.3 is 4.52 Å². The Bertz CT molecular complexity index is 412. The van der Waals surface area contributed by atoms with Crippen molar-refractivity contribution in [1.29, 1.82) is 0 Å². The molecule has 0 N–H and O–H groups in total. The predicted molar refractivity (Wildman–Crippen MR) is 55.3 cm³/mol. The van der Waals surface area contributed by atoms with E-state index in [9.17, 15) is 0 Å². The smallest absolute Gasteiger partial charge is 0.272 e. The van der Waals surface area contributed by atoms with E-state index in [1.165, 1.54) is 11.5 Å². The Labute approximate surface area is 91.9 Å². The van der Waals surface area contributed by atoms with Gasteiger partial charge in [0, 0.05) is 22.6 Å². The predicted octanol–water partition coefficient (Wildman–Crippen LogP) is 1.76. The van der Waals surface area contributed by atoms with Crippen LogP contribution in [-0.4, -0.2) is 19.7 Å². The van der Waals surface area contributed by atoms with Crippen molar-refractivity contribution in [2.75, 3.05) is 0 Å². The van der Waals surface area contributed by atoms with Gasteiger partial charge in [-0.3, -0.25) is 0 Å². The van der Waals surface area contributed by atoms with Crippen LogP contribution in [0.2, 0.25) is 0 Å². The van der Waals surface area contributed by atoms with Crippen LogP contribution in [0.1, 0.15) is 12.6 Å². The van der Waals surface area contributed by atoms with Crippen LogP contribution in [0.25, 0.3) is 10.8 Å². The molecule has 0 saturated heterocycles. The van der Waals surface area contributed by atoms with Crippen molar-refractivity contribution in [3.8, 4) is 10.8 Å². The van der Waals surface area contributed by atoms with Gasteiger partial charge in [0.15, 0.2) is 0 Å². The van der Waals surface area contributed by atoms with Gasteiger partial charge >= 0.3 is 0 Å². The lowest BCUT2D eigenvalue weighted by atomic mass is 10.3. The zero-order valence-electron chi connectivity index (χ0n) is 6.69. The van der Waals surface area contributed by atoms with E-state index in [-0.39, 0.29) is 0 Å². The molecule has 0 saturated carbocycles. The first-order valence-electron chi connectivity index (χ1n) is 3.62. The highest BCUT2D eigenvalue weighted by Crippen LogP contribution is 2.24. The number of aryl methyl sites for hydroxylation is 1. The highest BCUT2D eigenvalue weighted by molar-refractivity contribution is 14.1. The Balaban J connectivity index is 2.45. The Morgan fingerprint density at radius 1 is 1.54 bits per heavy atom. The number of rotatable bonds is 2. The third-order valence-electron chi connectivity index (χ3n) is 1.49. The van der Waals surface area contributed by atoms with E-state index in [0.29, 0.717) is 9.72 Å². The molecule has 0 fully saturated rings. The van der Waals surface area contributed by atoms with Crippen molar-refractivity contribution in [1.82, 2.24) is 19.7 Å². The standard InChI is InChI=1S/C6H5IN4OS/c1-2-3-4(13-11-9-3)5-8-6(7)10-12-5/h2H2,1H3. The lowest BCUT2D eigenvalue weighted by Crippen LogP contribution is -1.84. The lowest BCUT2D eigenvalue weighted by molar-refractivity contribution is 0.426. The molecule has 0 aliphatic rings. The zero-order chi connectivity index (χ0) is 9.26. The summed E-state index contributed by atoms with van der Waals surface area (Å²) in [4.78, 5) is 4.97. The van der Waals surface area contributed by atoms with E-state index in [1.54, 1.807) is 0 Å². The minimum atomic E-state index is 0.510. The Hall–Kier alpha value is -0.570. The summed E-state index contributed by atoms with van der Waals surface area (Å²) in [7, 11) is 0. The van der Waals surface area contributed by atoms with E-state index in [2.05, 4.69) is 19.7 Å². The molecule has 7 heteroatoms. The van der Waals surface area contributed by atoms with Crippen molar-refractivity contribution < 1.29 is 4.52 Å². The first-order valence-corrected chi connectivity index (χ1v) is 5.47.